The molecule has 2 bridgehead atoms. The lowest BCUT2D eigenvalue weighted by Crippen LogP contribution is -2.28. The van der Waals surface area contributed by atoms with Crippen LogP contribution in [0, 0.1) is 24.7 Å². The van der Waals surface area contributed by atoms with E-state index in [0.717, 1.165) is 29.2 Å². The smallest absolute Gasteiger partial charge is 0.251 e. The maximum Gasteiger partial charge on any atom is 0.251 e. The monoisotopic (exact) mass is 306 g/mol. The largest absolute Gasteiger partial charge is 0.365 e. The number of nitrogens with two attached hydrogens (primary N) is 1. The van der Waals surface area contributed by atoms with Crippen molar-refractivity contribution < 1.29 is 9.59 Å². The van der Waals surface area contributed by atoms with Crippen LogP contribution in [0.15, 0.2) is 0 Å². The topological polar surface area (TPSA) is 72.2 Å². The highest BCUT2D eigenvalue weighted by Gasteiger charge is 2.43. The van der Waals surface area contributed by atoms with Crippen LogP contribution in [0.1, 0.15) is 53.4 Å². The molecule has 3 atom stereocenters. The van der Waals surface area contributed by atoms with Crippen molar-refractivity contribution in [3.8, 4) is 0 Å². The van der Waals surface area contributed by atoms with E-state index >= 15 is 0 Å². The second-order valence-corrected chi connectivity index (χ2v) is 7.55. The van der Waals surface area contributed by atoms with Crippen molar-refractivity contribution in [2.75, 3.05) is 5.32 Å². The molecular weight excluding hydrogens is 284 g/mol. The summed E-state index contributed by atoms with van der Waals surface area (Å²) in [5, 5.41) is 3.64. The minimum atomic E-state index is -0.445. The quantitative estimate of drug-likeness (QED) is 0.897. The first-order valence-corrected chi connectivity index (χ1v) is 8.55. The Bertz CT molecular complexity index is 593. The van der Waals surface area contributed by atoms with Crippen molar-refractivity contribution in [3.05, 3.63) is 16.0 Å². The molecule has 1 heterocycles. The molecule has 1 aromatic heterocycles. The maximum absolute atomic E-state index is 12.5. The third-order valence-corrected chi connectivity index (χ3v) is 6.18. The number of hydrogen-bond acceptors (Lipinski definition) is 3. The molecule has 1 aromatic rings. The summed E-state index contributed by atoms with van der Waals surface area (Å²) in [6.07, 6.45) is 5.41. The molecule has 0 spiro atoms. The van der Waals surface area contributed by atoms with Crippen LogP contribution in [0.3, 0.4) is 0 Å². The third-order valence-electron chi connectivity index (χ3n) is 5.12. The molecule has 2 fully saturated rings. The number of rotatable bonds is 4. The van der Waals surface area contributed by atoms with Gasteiger partial charge in [-0.3, -0.25) is 9.59 Å². The van der Waals surface area contributed by atoms with E-state index in [2.05, 4.69) is 5.32 Å². The van der Waals surface area contributed by atoms with Gasteiger partial charge in [-0.1, -0.05) is 13.3 Å². The molecule has 3 N–H and O–H groups in total. The normalized spacial score (nSPS) is 27.0. The minimum Gasteiger partial charge on any atom is -0.365 e. The van der Waals surface area contributed by atoms with E-state index in [4.69, 9.17) is 5.73 Å². The van der Waals surface area contributed by atoms with Gasteiger partial charge in [-0.25, -0.2) is 0 Å². The molecule has 114 valence electrons. The minimum absolute atomic E-state index is 0.0774. The fourth-order valence-electron chi connectivity index (χ4n) is 4.12. The Kier molecular flexibility index (Phi) is 3.78. The molecule has 5 heteroatoms. The van der Waals surface area contributed by atoms with Crippen LogP contribution in [0.2, 0.25) is 0 Å². The van der Waals surface area contributed by atoms with Gasteiger partial charge >= 0.3 is 0 Å². The van der Waals surface area contributed by atoms with Crippen molar-refractivity contribution in [1.29, 1.82) is 0 Å². The Morgan fingerprint density at radius 1 is 1.33 bits per heavy atom. The van der Waals surface area contributed by atoms with Gasteiger partial charge in [-0.15, -0.1) is 11.3 Å². The van der Waals surface area contributed by atoms with E-state index in [1.54, 1.807) is 0 Å². The second-order valence-electron chi connectivity index (χ2n) is 6.33. The molecule has 21 heavy (non-hydrogen) atoms. The molecule has 4 nitrogen and oxygen atoms in total. The Morgan fingerprint density at radius 3 is 2.62 bits per heavy atom. The highest BCUT2D eigenvalue weighted by molar-refractivity contribution is 7.16. The van der Waals surface area contributed by atoms with E-state index in [1.165, 1.54) is 30.6 Å². The van der Waals surface area contributed by atoms with Crippen LogP contribution in [0.25, 0.3) is 0 Å². The van der Waals surface area contributed by atoms with Crippen molar-refractivity contribution >= 4 is 28.2 Å². The summed E-state index contributed by atoms with van der Waals surface area (Å²) in [5.74, 6) is 1.03. The van der Waals surface area contributed by atoms with Crippen molar-refractivity contribution in [3.63, 3.8) is 0 Å². The van der Waals surface area contributed by atoms with Gasteiger partial charge in [0.25, 0.3) is 5.91 Å². The van der Waals surface area contributed by atoms with E-state index in [-0.39, 0.29) is 11.8 Å². The average Bonchev–Trinajstić information content (AvgIpc) is 3.11. The number of primary amides is 1. The fraction of sp³-hybridized carbons (Fsp3) is 0.625. The first-order valence-electron chi connectivity index (χ1n) is 7.74. The van der Waals surface area contributed by atoms with Gasteiger partial charge in [-0.2, -0.15) is 0 Å². The van der Waals surface area contributed by atoms with Gasteiger partial charge < -0.3 is 11.1 Å². The summed E-state index contributed by atoms with van der Waals surface area (Å²) in [5.41, 5.74) is 6.99. The Balaban J connectivity index is 1.81. The van der Waals surface area contributed by atoms with Crippen LogP contribution in [-0.4, -0.2) is 11.8 Å². The summed E-state index contributed by atoms with van der Waals surface area (Å²) >= 11 is 1.47. The SMILES string of the molecule is CCc1c(C)sc(NC(=O)[C@@H]2C[C@H]3CC[C@H]2C3)c1C(N)=O. The predicted octanol–water partition coefficient (Wildman–Crippen LogP) is 3.09. The fourth-order valence-corrected chi connectivity index (χ4v) is 5.28. The lowest BCUT2D eigenvalue weighted by atomic mass is 9.88. The number of anilines is 1. The van der Waals surface area contributed by atoms with E-state index in [0.29, 0.717) is 16.5 Å². The summed E-state index contributed by atoms with van der Waals surface area (Å²) < 4.78 is 0. The summed E-state index contributed by atoms with van der Waals surface area (Å²) in [6.45, 7) is 3.98. The van der Waals surface area contributed by atoms with Gasteiger partial charge in [0, 0.05) is 10.8 Å². The van der Waals surface area contributed by atoms with Crippen LogP contribution in [-0.2, 0) is 11.2 Å². The zero-order chi connectivity index (χ0) is 15.1. The lowest BCUT2D eigenvalue weighted by Gasteiger charge is -2.20. The van der Waals surface area contributed by atoms with Gasteiger partial charge in [0.2, 0.25) is 5.91 Å². The molecule has 0 radical (unpaired) electrons. The van der Waals surface area contributed by atoms with Gasteiger partial charge in [0.15, 0.2) is 0 Å². The van der Waals surface area contributed by atoms with E-state index < -0.39 is 5.91 Å². The number of aryl methyl sites for hydroxylation is 1. The molecule has 2 aliphatic carbocycles. The summed E-state index contributed by atoms with van der Waals surface area (Å²) in [7, 11) is 0. The first kappa shape index (κ1) is 14.6. The number of amides is 2. The zero-order valence-corrected chi connectivity index (χ0v) is 13.4. The van der Waals surface area contributed by atoms with Crippen molar-refractivity contribution in [2.24, 2.45) is 23.5 Å². The van der Waals surface area contributed by atoms with Crippen molar-refractivity contribution in [2.45, 2.75) is 46.0 Å². The molecular formula is C16H22N2O2S. The predicted molar refractivity (Wildman–Crippen MR) is 84.5 cm³/mol. The molecule has 2 saturated carbocycles. The number of carbonyl (C=O) groups excluding carboxylic acids is 2. The standard InChI is InChI=1S/C16H22N2O2S/c1-3-11-8(2)21-16(13(11)14(17)19)18-15(20)12-7-9-4-5-10(12)6-9/h9-10,12H,3-7H2,1-2H3,(H2,17,19)(H,18,20)/t9-,10-,12+/m0/s1. The third kappa shape index (κ3) is 2.48. The number of hydrogen-bond donors (Lipinski definition) is 2. The highest BCUT2D eigenvalue weighted by Crippen LogP contribution is 2.48. The number of nitrogens with one attached hydrogen (secondary N) is 1. The van der Waals surface area contributed by atoms with Gasteiger partial charge in [0.05, 0.1) is 5.56 Å². The molecule has 3 rings (SSSR count). The highest BCUT2D eigenvalue weighted by atomic mass is 32.1. The molecule has 0 unspecified atom stereocenters. The van der Waals surface area contributed by atoms with E-state index in [1.807, 2.05) is 13.8 Å². The first-order chi connectivity index (χ1) is 10.0. The number of carbonyl (C=O) groups is 2. The molecule has 2 aliphatic rings. The zero-order valence-electron chi connectivity index (χ0n) is 12.6. The Hall–Kier alpha value is -1.36. The molecule has 0 aromatic carbocycles. The van der Waals surface area contributed by atoms with Crippen LogP contribution < -0.4 is 11.1 Å². The van der Waals surface area contributed by atoms with Gasteiger partial charge in [-0.05, 0) is 50.0 Å². The lowest BCUT2D eigenvalue weighted by molar-refractivity contribution is -0.121. The Labute approximate surface area is 129 Å². The van der Waals surface area contributed by atoms with Crippen LogP contribution in [0.4, 0.5) is 5.00 Å². The van der Waals surface area contributed by atoms with Crippen LogP contribution in [0.5, 0.6) is 0 Å². The Morgan fingerprint density at radius 2 is 2.10 bits per heavy atom. The number of thiophene rings is 1. The molecule has 0 aliphatic heterocycles. The molecule has 0 saturated heterocycles. The average molecular weight is 306 g/mol. The maximum atomic E-state index is 12.5. The number of fused-ring (bicyclic) bond motifs is 2. The second kappa shape index (κ2) is 5.44. The molecule has 2 amide bonds. The van der Waals surface area contributed by atoms with Crippen LogP contribution >= 0.6 is 11.3 Å². The summed E-state index contributed by atoms with van der Waals surface area (Å²) in [6, 6.07) is 0. The van der Waals surface area contributed by atoms with Gasteiger partial charge in [0.1, 0.15) is 5.00 Å². The van der Waals surface area contributed by atoms with E-state index in [9.17, 15) is 9.59 Å². The van der Waals surface area contributed by atoms with Crippen molar-refractivity contribution in [1.82, 2.24) is 0 Å². The summed E-state index contributed by atoms with van der Waals surface area (Å²) in [4.78, 5) is 25.3.